The summed E-state index contributed by atoms with van der Waals surface area (Å²) in [5.74, 6) is 0.0284. The number of ether oxygens (including phenoxy) is 1. The number of rotatable bonds is 3. The van der Waals surface area contributed by atoms with Gasteiger partial charge in [-0.1, -0.05) is 6.42 Å². The Morgan fingerprint density at radius 1 is 1.30 bits per heavy atom. The van der Waals surface area contributed by atoms with Crippen LogP contribution in [0, 0.1) is 0 Å². The summed E-state index contributed by atoms with van der Waals surface area (Å²) in [5.41, 5.74) is 2.75. The number of aliphatic carboxylic acids is 1. The molecule has 0 atom stereocenters. The molecule has 1 aromatic carbocycles. The molecule has 1 N–H and O–H groups in total. The molecule has 0 bridgehead atoms. The number of carboxylic acids is 1. The maximum Gasteiger partial charge on any atom is 0.314 e. The molecule has 2 aliphatic rings. The summed E-state index contributed by atoms with van der Waals surface area (Å²) in [6, 6.07) is 2.12. The van der Waals surface area contributed by atoms with Crippen molar-refractivity contribution >= 4 is 21.9 Å². The quantitative estimate of drug-likeness (QED) is 0.910. The predicted molar refractivity (Wildman–Crippen MR) is 80.5 cm³/mol. The van der Waals surface area contributed by atoms with Crippen molar-refractivity contribution in [3.8, 4) is 5.75 Å². The van der Waals surface area contributed by atoms with E-state index in [0.717, 1.165) is 54.3 Å². The molecule has 3 nitrogen and oxygen atoms in total. The highest BCUT2D eigenvalue weighted by Gasteiger charge is 2.49. The average Bonchev–Trinajstić information content (AvgIpc) is 2.36. The molecule has 0 aliphatic heterocycles. The molecule has 0 radical (unpaired) electrons. The van der Waals surface area contributed by atoms with Crippen LogP contribution in [0.3, 0.4) is 0 Å². The third-order valence-corrected chi connectivity index (χ3v) is 5.45. The minimum absolute atomic E-state index is 0.701. The van der Waals surface area contributed by atoms with Crippen molar-refractivity contribution < 1.29 is 14.6 Å². The molecule has 0 amide bonds. The minimum atomic E-state index is -0.726. The van der Waals surface area contributed by atoms with E-state index in [1.165, 1.54) is 17.5 Å². The van der Waals surface area contributed by atoms with E-state index in [-0.39, 0.29) is 0 Å². The lowest BCUT2D eigenvalue weighted by Gasteiger charge is -2.41. The molecular weight excluding hydrogens is 320 g/mol. The van der Waals surface area contributed by atoms with E-state index < -0.39 is 11.4 Å². The van der Waals surface area contributed by atoms with Crippen LogP contribution in [0.4, 0.5) is 0 Å². The van der Waals surface area contributed by atoms with E-state index in [4.69, 9.17) is 4.74 Å². The zero-order valence-corrected chi connectivity index (χ0v) is 13.3. The van der Waals surface area contributed by atoms with Crippen LogP contribution in [-0.2, 0) is 23.1 Å². The maximum atomic E-state index is 11.9. The summed E-state index contributed by atoms with van der Waals surface area (Å²) in [7, 11) is 1.63. The van der Waals surface area contributed by atoms with E-state index in [9.17, 15) is 9.90 Å². The number of carbonyl (C=O) groups is 1. The largest absolute Gasteiger partial charge is 0.495 e. The number of fused-ring (bicyclic) bond motifs is 1. The lowest BCUT2D eigenvalue weighted by molar-refractivity contribution is -0.147. The summed E-state index contributed by atoms with van der Waals surface area (Å²) in [6.45, 7) is 0. The van der Waals surface area contributed by atoms with Crippen LogP contribution in [-0.4, -0.2) is 18.2 Å². The smallest absolute Gasteiger partial charge is 0.314 e. The second-order valence-corrected chi connectivity index (χ2v) is 6.71. The molecular formula is C16H19BrO3. The van der Waals surface area contributed by atoms with E-state index >= 15 is 0 Å². The molecule has 0 saturated heterocycles. The van der Waals surface area contributed by atoms with Gasteiger partial charge in [-0.05, 0) is 71.6 Å². The van der Waals surface area contributed by atoms with Crippen molar-refractivity contribution in [1.82, 2.24) is 0 Å². The number of hydrogen-bond acceptors (Lipinski definition) is 2. The molecule has 2 aliphatic carbocycles. The molecule has 4 heteroatoms. The third kappa shape index (κ3) is 1.88. The fraction of sp³-hybridized carbons (Fsp3) is 0.562. The van der Waals surface area contributed by atoms with Crippen LogP contribution in [0.1, 0.15) is 48.8 Å². The Morgan fingerprint density at radius 2 is 2.00 bits per heavy atom. The van der Waals surface area contributed by atoms with Gasteiger partial charge in [0, 0.05) is 5.56 Å². The topological polar surface area (TPSA) is 46.5 Å². The zero-order chi connectivity index (χ0) is 14.3. The van der Waals surface area contributed by atoms with Crippen molar-refractivity contribution in [1.29, 1.82) is 0 Å². The van der Waals surface area contributed by atoms with Crippen LogP contribution < -0.4 is 4.74 Å². The second kappa shape index (κ2) is 5.06. The van der Waals surface area contributed by atoms with E-state index in [1.807, 2.05) is 0 Å². The van der Waals surface area contributed by atoms with Crippen LogP contribution in [0.2, 0.25) is 0 Å². The van der Waals surface area contributed by atoms with Crippen LogP contribution in [0.15, 0.2) is 10.5 Å². The van der Waals surface area contributed by atoms with Gasteiger partial charge in [0.05, 0.1) is 17.0 Å². The molecule has 0 aromatic heterocycles. The van der Waals surface area contributed by atoms with Gasteiger partial charge in [0.1, 0.15) is 5.75 Å². The third-order valence-electron chi connectivity index (χ3n) is 4.86. The normalized spacial score (nSPS) is 19.9. The van der Waals surface area contributed by atoms with Crippen molar-refractivity contribution in [2.75, 3.05) is 7.11 Å². The van der Waals surface area contributed by atoms with Gasteiger partial charge in [0.25, 0.3) is 0 Å². The monoisotopic (exact) mass is 338 g/mol. The van der Waals surface area contributed by atoms with Crippen molar-refractivity contribution in [3.63, 3.8) is 0 Å². The molecule has 108 valence electrons. The van der Waals surface area contributed by atoms with Crippen molar-refractivity contribution in [2.45, 2.75) is 50.4 Å². The Labute approximate surface area is 127 Å². The average molecular weight is 339 g/mol. The molecule has 20 heavy (non-hydrogen) atoms. The summed E-state index contributed by atoms with van der Waals surface area (Å²) < 4.78 is 6.46. The SMILES string of the molecule is COc1c(Br)cc2c(c1C1(C(=O)O)CCC1)CCCC2. The first-order valence-electron chi connectivity index (χ1n) is 7.22. The lowest BCUT2D eigenvalue weighted by Crippen LogP contribution is -2.43. The lowest BCUT2D eigenvalue weighted by atomic mass is 9.62. The van der Waals surface area contributed by atoms with Gasteiger partial charge in [0.15, 0.2) is 0 Å². The molecule has 3 rings (SSSR count). The first kappa shape index (κ1) is 13.9. The number of methoxy groups -OCH3 is 1. The Hall–Kier alpha value is -1.03. The van der Waals surface area contributed by atoms with Crippen LogP contribution in [0.5, 0.6) is 5.75 Å². The Bertz CT molecular complexity index is 561. The summed E-state index contributed by atoms with van der Waals surface area (Å²) in [4.78, 5) is 11.9. The van der Waals surface area contributed by atoms with Gasteiger partial charge in [-0.25, -0.2) is 0 Å². The van der Waals surface area contributed by atoms with E-state index in [0.29, 0.717) is 0 Å². The molecule has 0 spiro atoms. The van der Waals surface area contributed by atoms with Gasteiger partial charge < -0.3 is 9.84 Å². The maximum absolute atomic E-state index is 11.9. The highest BCUT2D eigenvalue weighted by Crippen LogP contribution is 2.52. The molecule has 0 unspecified atom stereocenters. The second-order valence-electron chi connectivity index (χ2n) is 5.85. The number of benzene rings is 1. The van der Waals surface area contributed by atoms with Crippen molar-refractivity contribution in [2.24, 2.45) is 0 Å². The Kier molecular flexibility index (Phi) is 3.53. The standard InChI is InChI=1S/C16H19BrO3/c1-20-14-12(17)9-10-5-2-3-6-11(10)13(14)16(15(18)19)7-4-8-16/h9H,2-8H2,1H3,(H,18,19). The summed E-state index contributed by atoms with van der Waals surface area (Å²) >= 11 is 3.56. The fourth-order valence-electron chi connectivity index (χ4n) is 3.66. The van der Waals surface area contributed by atoms with Gasteiger partial charge in [-0.15, -0.1) is 0 Å². The fourth-order valence-corrected chi connectivity index (χ4v) is 4.29. The number of aryl methyl sites for hydroxylation is 1. The number of hydrogen-bond donors (Lipinski definition) is 1. The van der Waals surface area contributed by atoms with Gasteiger partial charge in [-0.3, -0.25) is 4.79 Å². The Morgan fingerprint density at radius 3 is 2.55 bits per heavy atom. The van der Waals surface area contributed by atoms with Gasteiger partial charge >= 0.3 is 5.97 Å². The highest BCUT2D eigenvalue weighted by atomic mass is 79.9. The first-order chi connectivity index (χ1) is 9.60. The summed E-state index contributed by atoms with van der Waals surface area (Å²) in [5, 5.41) is 9.78. The molecule has 0 heterocycles. The van der Waals surface area contributed by atoms with E-state index in [2.05, 4.69) is 22.0 Å². The van der Waals surface area contributed by atoms with Gasteiger partial charge in [0.2, 0.25) is 0 Å². The number of carboxylic acid groups (broad SMARTS) is 1. The highest BCUT2D eigenvalue weighted by molar-refractivity contribution is 9.10. The zero-order valence-electron chi connectivity index (χ0n) is 11.7. The van der Waals surface area contributed by atoms with Crippen LogP contribution >= 0.6 is 15.9 Å². The molecule has 1 saturated carbocycles. The van der Waals surface area contributed by atoms with Crippen molar-refractivity contribution in [3.05, 3.63) is 27.2 Å². The minimum Gasteiger partial charge on any atom is -0.495 e. The predicted octanol–water partition coefficient (Wildman–Crippen LogP) is 3.84. The van der Waals surface area contributed by atoms with Gasteiger partial charge in [-0.2, -0.15) is 0 Å². The first-order valence-corrected chi connectivity index (χ1v) is 8.01. The number of halogens is 1. The molecule has 1 aromatic rings. The molecule has 1 fully saturated rings. The Balaban J connectivity index is 2.26. The van der Waals surface area contributed by atoms with E-state index in [1.54, 1.807) is 7.11 Å². The van der Waals surface area contributed by atoms with Crippen LogP contribution in [0.25, 0.3) is 0 Å². The summed E-state index contributed by atoms with van der Waals surface area (Å²) in [6.07, 6.45) is 6.77.